The average Bonchev–Trinajstić information content (AvgIpc) is 3.04. The second-order valence-corrected chi connectivity index (χ2v) is 8.73. The Morgan fingerprint density at radius 1 is 0.900 bits per heavy atom. The highest BCUT2D eigenvalue weighted by Crippen LogP contribution is 2.44. The molecule has 0 bridgehead atoms. The molecule has 0 heterocycles. The summed E-state index contributed by atoms with van der Waals surface area (Å²) in [4.78, 5) is 14.8. The first kappa shape index (κ1) is 20.0. The van der Waals surface area contributed by atoms with Gasteiger partial charge < -0.3 is 9.84 Å². The summed E-state index contributed by atoms with van der Waals surface area (Å²) < 4.78 is 5.86. The molecule has 0 saturated carbocycles. The SMILES string of the molecule is CC(C)(C)N(Cc1ccc(O)cc1)C(=O)OCC1c2ccccc2-c2ccccc21. The molecule has 3 aromatic carbocycles. The summed E-state index contributed by atoms with van der Waals surface area (Å²) in [6, 6.07) is 23.6. The predicted molar refractivity (Wildman–Crippen MR) is 118 cm³/mol. The van der Waals surface area contributed by atoms with Crippen molar-refractivity contribution in [1.29, 1.82) is 0 Å². The molecule has 0 spiro atoms. The van der Waals surface area contributed by atoms with Gasteiger partial charge in [0.25, 0.3) is 0 Å². The lowest BCUT2D eigenvalue weighted by Gasteiger charge is -2.35. The van der Waals surface area contributed by atoms with E-state index in [4.69, 9.17) is 4.74 Å². The highest BCUT2D eigenvalue weighted by atomic mass is 16.6. The molecule has 3 aromatic rings. The van der Waals surface area contributed by atoms with Crippen molar-refractivity contribution in [3.63, 3.8) is 0 Å². The van der Waals surface area contributed by atoms with Gasteiger partial charge in [0.2, 0.25) is 0 Å². The molecule has 1 N–H and O–H groups in total. The summed E-state index contributed by atoms with van der Waals surface area (Å²) in [5.74, 6) is 0.249. The van der Waals surface area contributed by atoms with E-state index in [1.807, 2.05) is 57.2 Å². The number of amides is 1. The maximum Gasteiger partial charge on any atom is 0.410 e. The molecule has 154 valence electrons. The standard InChI is InChI=1S/C26H27NO3/c1-26(2,3)27(16-18-12-14-19(28)15-13-18)25(29)30-17-24-22-10-6-4-8-20(22)21-9-5-7-11-23(21)24/h4-15,24,28H,16-17H2,1-3H3. The van der Waals surface area contributed by atoms with Crippen LogP contribution in [0.5, 0.6) is 5.75 Å². The quantitative estimate of drug-likeness (QED) is 0.588. The van der Waals surface area contributed by atoms with E-state index in [9.17, 15) is 9.90 Å². The van der Waals surface area contributed by atoms with E-state index in [-0.39, 0.29) is 17.8 Å². The topological polar surface area (TPSA) is 49.8 Å². The smallest absolute Gasteiger partial charge is 0.410 e. The molecule has 1 amide bonds. The summed E-state index contributed by atoms with van der Waals surface area (Å²) in [5.41, 5.74) is 5.37. The average molecular weight is 402 g/mol. The number of carbonyl (C=O) groups excluding carboxylic acids is 1. The second kappa shape index (κ2) is 7.86. The summed E-state index contributed by atoms with van der Waals surface area (Å²) in [6.45, 7) is 6.70. The monoisotopic (exact) mass is 401 g/mol. The molecule has 0 aliphatic heterocycles. The van der Waals surface area contributed by atoms with Crippen molar-refractivity contribution in [2.24, 2.45) is 0 Å². The van der Waals surface area contributed by atoms with Gasteiger partial charge in [-0.3, -0.25) is 4.90 Å². The zero-order valence-corrected chi connectivity index (χ0v) is 17.6. The Bertz CT molecular complexity index is 1000. The molecular weight excluding hydrogens is 374 g/mol. The summed E-state index contributed by atoms with van der Waals surface area (Å²) in [6.07, 6.45) is -0.336. The van der Waals surface area contributed by atoms with Crippen LogP contribution >= 0.6 is 0 Å². The number of phenolic OH excluding ortho intramolecular Hbond substituents is 1. The number of phenols is 1. The maximum absolute atomic E-state index is 13.1. The Labute approximate surface area is 177 Å². The number of carbonyl (C=O) groups is 1. The van der Waals surface area contributed by atoms with Crippen LogP contribution in [0.25, 0.3) is 11.1 Å². The van der Waals surface area contributed by atoms with Crippen molar-refractivity contribution in [3.05, 3.63) is 89.5 Å². The number of benzene rings is 3. The fraction of sp³-hybridized carbons (Fsp3) is 0.269. The largest absolute Gasteiger partial charge is 0.508 e. The molecular formula is C26H27NO3. The molecule has 0 atom stereocenters. The Hall–Kier alpha value is -3.27. The predicted octanol–water partition coefficient (Wildman–Crippen LogP) is 5.94. The number of aromatic hydroxyl groups is 1. The number of hydrogen-bond acceptors (Lipinski definition) is 3. The minimum atomic E-state index is -0.402. The second-order valence-electron chi connectivity index (χ2n) is 8.73. The lowest BCUT2D eigenvalue weighted by atomic mass is 9.98. The van der Waals surface area contributed by atoms with Crippen molar-refractivity contribution in [1.82, 2.24) is 4.90 Å². The number of hydrogen-bond donors (Lipinski definition) is 1. The van der Waals surface area contributed by atoms with Crippen LogP contribution in [0.15, 0.2) is 72.8 Å². The van der Waals surface area contributed by atoms with Crippen LogP contribution in [0.2, 0.25) is 0 Å². The minimum Gasteiger partial charge on any atom is -0.508 e. The normalized spacial score (nSPS) is 12.9. The number of ether oxygens (including phenoxy) is 1. The van der Waals surface area contributed by atoms with Crippen molar-refractivity contribution < 1.29 is 14.6 Å². The van der Waals surface area contributed by atoms with Gasteiger partial charge >= 0.3 is 6.09 Å². The van der Waals surface area contributed by atoms with Gasteiger partial charge in [-0.15, -0.1) is 0 Å². The van der Waals surface area contributed by atoms with E-state index < -0.39 is 5.54 Å². The Balaban J connectivity index is 1.53. The van der Waals surface area contributed by atoms with Crippen LogP contribution in [0.4, 0.5) is 4.79 Å². The molecule has 0 unspecified atom stereocenters. The van der Waals surface area contributed by atoms with Gasteiger partial charge in [-0.1, -0.05) is 60.7 Å². The van der Waals surface area contributed by atoms with Crippen molar-refractivity contribution in [2.45, 2.75) is 38.8 Å². The molecule has 30 heavy (non-hydrogen) atoms. The number of nitrogens with zero attached hydrogens (tertiary/aromatic N) is 1. The van der Waals surface area contributed by atoms with Crippen molar-refractivity contribution in [3.8, 4) is 16.9 Å². The lowest BCUT2D eigenvalue weighted by Crippen LogP contribution is -2.45. The molecule has 0 fully saturated rings. The molecule has 4 nitrogen and oxygen atoms in total. The van der Waals surface area contributed by atoms with E-state index in [1.54, 1.807) is 17.0 Å². The van der Waals surface area contributed by atoms with Gasteiger partial charge in [-0.05, 0) is 60.7 Å². The van der Waals surface area contributed by atoms with Gasteiger partial charge in [0, 0.05) is 18.0 Å². The first-order valence-corrected chi connectivity index (χ1v) is 10.2. The zero-order valence-electron chi connectivity index (χ0n) is 17.6. The molecule has 1 aliphatic rings. The lowest BCUT2D eigenvalue weighted by molar-refractivity contribution is 0.0619. The fourth-order valence-corrected chi connectivity index (χ4v) is 4.03. The molecule has 0 radical (unpaired) electrons. The van der Waals surface area contributed by atoms with Gasteiger partial charge in [0.1, 0.15) is 12.4 Å². The molecule has 4 heteroatoms. The molecule has 0 aromatic heterocycles. The number of rotatable bonds is 4. The Morgan fingerprint density at radius 3 is 1.97 bits per heavy atom. The van der Waals surface area contributed by atoms with Gasteiger partial charge in [0.05, 0.1) is 0 Å². The van der Waals surface area contributed by atoms with Crippen molar-refractivity contribution >= 4 is 6.09 Å². The highest BCUT2D eigenvalue weighted by molar-refractivity contribution is 5.79. The van der Waals surface area contributed by atoms with Crippen LogP contribution in [0.3, 0.4) is 0 Å². The van der Waals surface area contributed by atoms with Gasteiger partial charge in [0.15, 0.2) is 0 Å². The maximum atomic E-state index is 13.1. The van der Waals surface area contributed by atoms with Crippen LogP contribution in [0.1, 0.15) is 43.4 Å². The number of fused-ring (bicyclic) bond motifs is 3. The van der Waals surface area contributed by atoms with E-state index >= 15 is 0 Å². The summed E-state index contributed by atoms with van der Waals surface area (Å²) in [7, 11) is 0. The van der Waals surface area contributed by atoms with E-state index in [2.05, 4.69) is 24.3 Å². The zero-order chi connectivity index (χ0) is 21.3. The Kier molecular flexibility index (Phi) is 5.25. The Morgan fingerprint density at radius 2 is 1.43 bits per heavy atom. The highest BCUT2D eigenvalue weighted by Gasteiger charge is 2.32. The van der Waals surface area contributed by atoms with E-state index in [1.165, 1.54) is 22.3 Å². The van der Waals surface area contributed by atoms with E-state index in [0.717, 1.165) is 5.56 Å². The first-order valence-electron chi connectivity index (χ1n) is 10.2. The molecule has 4 rings (SSSR count). The van der Waals surface area contributed by atoms with Crippen molar-refractivity contribution in [2.75, 3.05) is 6.61 Å². The fourth-order valence-electron chi connectivity index (χ4n) is 4.03. The summed E-state index contributed by atoms with van der Waals surface area (Å²) in [5, 5.41) is 9.52. The van der Waals surface area contributed by atoms with E-state index in [0.29, 0.717) is 13.2 Å². The summed E-state index contributed by atoms with van der Waals surface area (Å²) >= 11 is 0. The molecule has 1 aliphatic carbocycles. The first-order chi connectivity index (χ1) is 14.3. The molecule has 0 saturated heterocycles. The van der Waals surface area contributed by atoms with Gasteiger partial charge in [-0.25, -0.2) is 4.79 Å². The van der Waals surface area contributed by atoms with Crippen LogP contribution in [-0.2, 0) is 11.3 Å². The third-order valence-corrected chi connectivity index (χ3v) is 5.64. The van der Waals surface area contributed by atoms with Crippen LogP contribution in [0, 0.1) is 0 Å². The van der Waals surface area contributed by atoms with Crippen LogP contribution in [-0.4, -0.2) is 28.2 Å². The van der Waals surface area contributed by atoms with Gasteiger partial charge in [-0.2, -0.15) is 0 Å². The third-order valence-electron chi connectivity index (χ3n) is 5.64. The minimum absolute atomic E-state index is 0.0387. The third kappa shape index (κ3) is 3.90. The van der Waals surface area contributed by atoms with Crippen LogP contribution < -0.4 is 0 Å².